The first-order valence-corrected chi connectivity index (χ1v) is 14.4. The summed E-state index contributed by atoms with van der Waals surface area (Å²) in [6, 6.07) is 17.4. The van der Waals surface area contributed by atoms with Crippen LogP contribution in [-0.2, 0) is 0 Å². The number of fused-ring (bicyclic) bond motifs is 2. The summed E-state index contributed by atoms with van der Waals surface area (Å²) in [7, 11) is 6.58. The molecule has 189 valence electrons. The molecule has 2 aromatic carbocycles. The quantitative estimate of drug-likeness (QED) is 0.331. The summed E-state index contributed by atoms with van der Waals surface area (Å²) in [4.78, 5) is 0. The van der Waals surface area contributed by atoms with Gasteiger partial charge in [0.05, 0.1) is 0 Å². The van der Waals surface area contributed by atoms with Crippen LogP contribution in [0.1, 0.15) is 125 Å². The van der Waals surface area contributed by atoms with E-state index >= 15 is 0 Å². The Morgan fingerprint density at radius 1 is 0.389 bits per heavy atom. The third-order valence-corrected chi connectivity index (χ3v) is 7.72. The van der Waals surface area contributed by atoms with Crippen molar-refractivity contribution in [2.24, 2.45) is 0 Å². The molecule has 1 aliphatic rings. The van der Waals surface area contributed by atoms with Crippen LogP contribution in [-0.4, -0.2) is 13.0 Å². The maximum absolute atomic E-state index is 6.58. The van der Waals surface area contributed by atoms with Crippen molar-refractivity contribution in [3.8, 4) is 0 Å². The van der Waals surface area contributed by atoms with Crippen molar-refractivity contribution in [2.45, 2.75) is 103 Å². The number of benzene rings is 2. The molecule has 1 aliphatic carbocycles. The summed E-state index contributed by atoms with van der Waals surface area (Å²) < 4.78 is 0. The summed E-state index contributed by atoms with van der Waals surface area (Å²) in [5.74, 6) is 0. The van der Waals surface area contributed by atoms with Gasteiger partial charge in [0.1, 0.15) is 0 Å². The molecule has 0 nitrogen and oxygen atoms in total. The molecule has 0 atom stereocenters. The molecule has 0 saturated carbocycles. The van der Waals surface area contributed by atoms with Crippen LogP contribution >= 0.6 is 0 Å². The third-order valence-electron chi connectivity index (χ3n) is 7.72. The zero-order valence-electron chi connectivity index (χ0n) is 22.6. The molecule has 36 heavy (non-hydrogen) atoms. The van der Waals surface area contributed by atoms with E-state index in [9.17, 15) is 0 Å². The van der Waals surface area contributed by atoms with Crippen molar-refractivity contribution >= 4 is 29.7 Å². The van der Waals surface area contributed by atoms with Crippen LogP contribution in [0.15, 0.2) is 68.3 Å². The minimum absolute atomic E-state index is 0.974. The van der Waals surface area contributed by atoms with E-state index in [1.165, 1.54) is 110 Å². The van der Waals surface area contributed by atoms with E-state index in [2.05, 4.69) is 68.3 Å². The Bertz CT molecular complexity index is 859. The number of rotatable bonds is 0. The van der Waals surface area contributed by atoms with Gasteiger partial charge in [0, 0.05) is 0 Å². The van der Waals surface area contributed by atoms with Gasteiger partial charge in [0.15, 0.2) is 0 Å². The normalized spacial score (nSPS) is 18.6. The van der Waals surface area contributed by atoms with Crippen LogP contribution in [0.4, 0.5) is 0 Å². The van der Waals surface area contributed by atoms with Crippen molar-refractivity contribution in [3.05, 3.63) is 90.5 Å². The average molecular weight is 478 g/mol. The van der Waals surface area contributed by atoms with E-state index < -0.39 is 0 Å². The average Bonchev–Trinajstić information content (AvgIpc) is 2.90. The van der Waals surface area contributed by atoms with Gasteiger partial charge in [-0.3, -0.25) is 0 Å². The second-order valence-corrected chi connectivity index (χ2v) is 10.7. The van der Waals surface area contributed by atoms with Gasteiger partial charge in [-0.1, -0.05) is 24.8 Å². The van der Waals surface area contributed by atoms with Gasteiger partial charge in [0.2, 0.25) is 0 Å². The molecule has 0 fully saturated rings. The monoisotopic (exact) mass is 477 g/mol. The van der Waals surface area contributed by atoms with E-state index in [0.717, 1.165) is 37.6 Å². The van der Waals surface area contributed by atoms with Gasteiger partial charge >= 0.3 is 193 Å². The number of hydrogen-bond acceptors (Lipinski definition) is 0. The molecule has 1 radical (unpaired) electrons. The van der Waals surface area contributed by atoms with Gasteiger partial charge < -0.3 is 0 Å². The van der Waals surface area contributed by atoms with Gasteiger partial charge in [-0.05, 0) is 5.57 Å². The molecule has 0 N–H and O–H groups in total. The van der Waals surface area contributed by atoms with Crippen molar-refractivity contribution in [3.63, 3.8) is 0 Å². The summed E-state index contributed by atoms with van der Waals surface area (Å²) in [5.41, 5.74) is 9.88. The van der Waals surface area contributed by atoms with E-state index in [1.54, 1.807) is 0 Å². The molecule has 1 heteroatoms. The van der Waals surface area contributed by atoms with Crippen molar-refractivity contribution in [1.29, 1.82) is 0 Å². The molecule has 0 saturated heterocycles. The Labute approximate surface area is 222 Å². The topological polar surface area (TPSA) is 0 Å². The summed E-state index contributed by atoms with van der Waals surface area (Å²) >= 11 is 0. The Kier molecular flexibility index (Phi) is 12.2. The fourth-order valence-corrected chi connectivity index (χ4v) is 5.45. The van der Waals surface area contributed by atoms with Crippen LogP contribution in [0.25, 0.3) is 16.7 Å². The van der Waals surface area contributed by atoms with Gasteiger partial charge in [-0.2, -0.15) is 0 Å². The molecule has 0 spiro atoms. The Morgan fingerprint density at radius 2 is 0.667 bits per heavy atom. The van der Waals surface area contributed by atoms with E-state index in [0.29, 0.717) is 0 Å². The first kappa shape index (κ1) is 28.2. The molecular weight excluding hydrogens is 431 g/mol. The Morgan fingerprint density at radius 3 is 1.06 bits per heavy atom. The predicted octanol–water partition coefficient (Wildman–Crippen LogP) is 10.4. The predicted molar refractivity (Wildman–Crippen MR) is 164 cm³/mol. The van der Waals surface area contributed by atoms with Crippen LogP contribution in [0.2, 0.25) is 0 Å². The second-order valence-electron chi connectivity index (χ2n) is 10.7. The Hall–Kier alpha value is -2.41. The number of allylic oxidation sites excluding steroid dienone is 3. The molecule has 0 amide bonds. The van der Waals surface area contributed by atoms with Crippen LogP contribution in [0, 0.1) is 0 Å². The SMILES string of the molecule is [B]=C1CCCCCCCCC(=C)c2ccccc2C(=C)CCCCCCCCC(=C)c2ccccc21. The summed E-state index contributed by atoms with van der Waals surface area (Å²) in [6.07, 6.45) is 19.2. The summed E-state index contributed by atoms with van der Waals surface area (Å²) in [6.45, 7) is 13.3. The van der Waals surface area contributed by atoms with Crippen LogP contribution in [0.5, 0.6) is 0 Å². The molecule has 0 aromatic heterocycles. The maximum atomic E-state index is 6.58. The van der Waals surface area contributed by atoms with Crippen LogP contribution in [0.3, 0.4) is 0 Å². The molecule has 3 rings (SSSR count). The minimum atomic E-state index is 0.974. The van der Waals surface area contributed by atoms with Gasteiger partial charge in [0.25, 0.3) is 0 Å². The molecule has 2 aromatic rings. The van der Waals surface area contributed by atoms with Crippen LogP contribution < -0.4 is 0 Å². The first-order chi connectivity index (χ1) is 17.6. The molecular formula is C35H46B. The van der Waals surface area contributed by atoms with E-state index in [-0.39, 0.29) is 0 Å². The molecule has 0 aliphatic heterocycles. The first-order valence-electron chi connectivity index (χ1n) is 14.4. The van der Waals surface area contributed by atoms with E-state index in [1.807, 2.05) is 0 Å². The van der Waals surface area contributed by atoms with Crippen molar-refractivity contribution in [2.75, 3.05) is 0 Å². The van der Waals surface area contributed by atoms with Crippen molar-refractivity contribution in [1.82, 2.24) is 0 Å². The van der Waals surface area contributed by atoms with Gasteiger partial charge in [-0.25, -0.2) is 0 Å². The Balaban J connectivity index is 1.59. The molecule has 0 heterocycles. The zero-order chi connectivity index (χ0) is 25.6. The fourth-order valence-electron chi connectivity index (χ4n) is 5.45. The zero-order valence-corrected chi connectivity index (χ0v) is 22.6. The molecule has 0 unspecified atom stereocenters. The van der Waals surface area contributed by atoms with Gasteiger partial charge in [-0.15, -0.1) is 0 Å². The third kappa shape index (κ3) is 8.92. The number of hydrogen-bond donors (Lipinski definition) is 0. The van der Waals surface area contributed by atoms with Crippen molar-refractivity contribution < 1.29 is 0 Å². The summed E-state index contributed by atoms with van der Waals surface area (Å²) in [5, 5.41) is 0. The standard InChI is InChI=1S/C35H46B/c1-28-20-12-8-4-5-9-14-22-30(3)33-25-18-19-26-34(33)35(36)27-15-11-7-6-10-13-21-29(2)32-24-17-16-23-31(28)32/h16-19,23-26H,1-15,20-22,27H2. The van der Waals surface area contributed by atoms with E-state index in [4.69, 9.17) is 7.49 Å². The molecule has 0 bridgehead atoms. The fraction of sp³-hybridized carbons (Fsp3) is 0.457. The second kappa shape index (κ2) is 15.7.